The minimum absolute atomic E-state index is 0.236. The van der Waals surface area contributed by atoms with E-state index in [1.54, 1.807) is 7.05 Å². The highest BCUT2D eigenvalue weighted by Gasteiger charge is 2.20. The molecule has 1 aromatic heterocycles. The first kappa shape index (κ1) is 11.7. The van der Waals surface area contributed by atoms with Crippen LogP contribution in [0.1, 0.15) is 0 Å². The van der Waals surface area contributed by atoms with Gasteiger partial charge in [0.1, 0.15) is 11.5 Å². The zero-order valence-corrected chi connectivity index (χ0v) is 10.1. The SMILES string of the molecule is Cn1c(N)c(N2CCNCC2)c(=O)n(C)c1=O. The molecule has 0 spiro atoms. The lowest BCUT2D eigenvalue weighted by Crippen LogP contribution is -2.49. The van der Waals surface area contributed by atoms with Gasteiger partial charge in [-0.1, -0.05) is 0 Å². The number of nitrogens with zero attached hydrogens (tertiary/aromatic N) is 3. The molecule has 0 unspecified atom stereocenters. The zero-order chi connectivity index (χ0) is 12.6. The second-order valence-corrected chi connectivity index (χ2v) is 4.18. The van der Waals surface area contributed by atoms with Crippen LogP contribution >= 0.6 is 0 Å². The van der Waals surface area contributed by atoms with Crippen molar-refractivity contribution in [1.29, 1.82) is 0 Å². The molecule has 1 aromatic rings. The van der Waals surface area contributed by atoms with Crippen molar-refractivity contribution in [3.8, 4) is 0 Å². The van der Waals surface area contributed by atoms with Gasteiger partial charge in [-0.05, 0) is 0 Å². The van der Waals surface area contributed by atoms with Gasteiger partial charge in [0.15, 0.2) is 0 Å². The molecule has 1 aliphatic heterocycles. The molecule has 3 N–H and O–H groups in total. The van der Waals surface area contributed by atoms with Gasteiger partial charge in [-0.3, -0.25) is 13.9 Å². The maximum absolute atomic E-state index is 12.1. The monoisotopic (exact) mass is 239 g/mol. The fourth-order valence-corrected chi connectivity index (χ4v) is 2.03. The Hall–Kier alpha value is -1.76. The fourth-order valence-electron chi connectivity index (χ4n) is 2.03. The van der Waals surface area contributed by atoms with Crippen molar-refractivity contribution in [3.05, 3.63) is 20.8 Å². The molecule has 7 heteroatoms. The highest BCUT2D eigenvalue weighted by molar-refractivity contribution is 5.62. The number of aromatic nitrogens is 2. The Labute approximate surface area is 98.4 Å². The van der Waals surface area contributed by atoms with Crippen LogP contribution < -0.4 is 27.2 Å². The summed E-state index contributed by atoms with van der Waals surface area (Å²) in [6.45, 7) is 3.06. The minimum atomic E-state index is -0.397. The van der Waals surface area contributed by atoms with Crippen LogP contribution in [0.5, 0.6) is 0 Å². The zero-order valence-electron chi connectivity index (χ0n) is 10.1. The summed E-state index contributed by atoms with van der Waals surface area (Å²) < 4.78 is 2.40. The second-order valence-electron chi connectivity index (χ2n) is 4.18. The summed E-state index contributed by atoms with van der Waals surface area (Å²) in [5.41, 5.74) is 5.58. The number of anilines is 2. The van der Waals surface area contributed by atoms with Crippen molar-refractivity contribution in [3.63, 3.8) is 0 Å². The Kier molecular flexibility index (Phi) is 2.93. The third-order valence-electron chi connectivity index (χ3n) is 3.12. The molecular formula is C10H17N5O2. The molecular weight excluding hydrogens is 222 g/mol. The van der Waals surface area contributed by atoms with E-state index in [4.69, 9.17) is 5.73 Å². The fraction of sp³-hybridized carbons (Fsp3) is 0.600. The molecule has 1 saturated heterocycles. The van der Waals surface area contributed by atoms with Crippen LogP contribution in [-0.4, -0.2) is 35.3 Å². The quantitative estimate of drug-likeness (QED) is 0.596. The number of nitrogens with one attached hydrogen (secondary N) is 1. The summed E-state index contributed by atoms with van der Waals surface area (Å²) >= 11 is 0. The van der Waals surface area contributed by atoms with Gasteiger partial charge >= 0.3 is 5.69 Å². The van der Waals surface area contributed by atoms with Crippen molar-refractivity contribution in [1.82, 2.24) is 14.5 Å². The van der Waals surface area contributed by atoms with E-state index >= 15 is 0 Å². The van der Waals surface area contributed by atoms with Gasteiger partial charge < -0.3 is 16.0 Å². The van der Waals surface area contributed by atoms with E-state index in [1.165, 1.54) is 11.6 Å². The van der Waals surface area contributed by atoms with Crippen LogP contribution in [0.3, 0.4) is 0 Å². The Morgan fingerprint density at radius 1 is 1.12 bits per heavy atom. The Morgan fingerprint density at radius 3 is 2.29 bits per heavy atom. The number of hydrogen-bond acceptors (Lipinski definition) is 5. The number of rotatable bonds is 1. The summed E-state index contributed by atoms with van der Waals surface area (Å²) in [6, 6.07) is 0. The van der Waals surface area contributed by atoms with Gasteiger partial charge in [-0.15, -0.1) is 0 Å². The molecule has 7 nitrogen and oxygen atoms in total. The van der Waals surface area contributed by atoms with Crippen LogP contribution in [-0.2, 0) is 14.1 Å². The normalized spacial score (nSPS) is 16.2. The highest BCUT2D eigenvalue weighted by atomic mass is 16.2. The van der Waals surface area contributed by atoms with E-state index in [2.05, 4.69) is 5.32 Å². The van der Waals surface area contributed by atoms with Gasteiger partial charge in [0.05, 0.1) is 0 Å². The van der Waals surface area contributed by atoms with Crippen molar-refractivity contribution in [2.45, 2.75) is 0 Å². The molecule has 94 valence electrons. The molecule has 0 radical (unpaired) electrons. The summed E-state index contributed by atoms with van der Waals surface area (Å²) in [6.07, 6.45) is 0. The first-order valence-electron chi connectivity index (χ1n) is 5.55. The number of nitrogen functional groups attached to an aromatic ring is 1. The summed E-state index contributed by atoms with van der Waals surface area (Å²) in [5.74, 6) is 0.236. The average Bonchev–Trinajstić information content (AvgIpc) is 2.36. The molecule has 0 amide bonds. The predicted octanol–water partition coefficient (Wildman–Crippen LogP) is -1.92. The molecule has 17 heavy (non-hydrogen) atoms. The topological polar surface area (TPSA) is 85.3 Å². The standard InChI is InChI=1S/C10H17N5O2/c1-13-8(11)7(9(16)14(2)10(13)17)15-5-3-12-4-6-15/h12H,3-6,11H2,1-2H3. The molecule has 1 aliphatic rings. The minimum Gasteiger partial charge on any atom is -0.383 e. The van der Waals surface area contributed by atoms with Gasteiger partial charge in [0, 0.05) is 40.3 Å². The van der Waals surface area contributed by atoms with Crippen LogP contribution in [0.25, 0.3) is 0 Å². The van der Waals surface area contributed by atoms with Crippen molar-refractivity contribution >= 4 is 11.5 Å². The predicted molar refractivity (Wildman–Crippen MR) is 66.4 cm³/mol. The second kappa shape index (κ2) is 4.25. The maximum atomic E-state index is 12.1. The summed E-state index contributed by atoms with van der Waals surface area (Å²) in [7, 11) is 3.04. The first-order valence-corrected chi connectivity index (χ1v) is 5.55. The highest BCUT2D eigenvalue weighted by Crippen LogP contribution is 2.15. The molecule has 1 fully saturated rings. The smallest absolute Gasteiger partial charge is 0.332 e. The van der Waals surface area contributed by atoms with E-state index in [0.29, 0.717) is 5.69 Å². The van der Waals surface area contributed by atoms with Crippen LogP contribution in [0.15, 0.2) is 9.59 Å². The maximum Gasteiger partial charge on any atom is 0.332 e. The van der Waals surface area contributed by atoms with Crippen molar-refractivity contribution in [2.75, 3.05) is 36.8 Å². The molecule has 0 saturated carbocycles. The van der Waals surface area contributed by atoms with Crippen LogP contribution in [0.4, 0.5) is 11.5 Å². The average molecular weight is 239 g/mol. The van der Waals surface area contributed by atoms with Crippen molar-refractivity contribution < 1.29 is 0 Å². The Balaban J connectivity index is 2.61. The lowest BCUT2D eigenvalue weighted by Gasteiger charge is -2.30. The summed E-state index contributed by atoms with van der Waals surface area (Å²) in [5, 5.41) is 3.20. The molecule has 0 bridgehead atoms. The number of hydrogen-bond donors (Lipinski definition) is 2. The van der Waals surface area contributed by atoms with Crippen molar-refractivity contribution in [2.24, 2.45) is 14.1 Å². The molecule has 2 rings (SSSR count). The molecule has 2 heterocycles. The van der Waals surface area contributed by atoms with E-state index < -0.39 is 5.69 Å². The Bertz CT molecular complexity index is 539. The first-order chi connectivity index (χ1) is 8.04. The molecule has 0 aliphatic carbocycles. The van der Waals surface area contributed by atoms with Gasteiger partial charge in [0.25, 0.3) is 5.56 Å². The number of nitrogens with two attached hydrogens (primary N) is 1. The van der Waals surface area contributed by atoms with E-state index in [0.717, 1.165) is 30.7 Å². The van der Waals surface area contributed by atoms with E-state index in [-0.39, 0.29) is 11.4 Å². The Morgan fingerprint density at radius 2 is 1.71 bits per heavy atom. The molecule has 0 aromatic carbocycles. The lowest BCUT2D eigenvalue weighted by atomic mass is 10.3. The van der Waals surface area contributed by atoms with E-state index in [9.17, 15) is 9.59 Å². The lowest BCUT2D eigenvalue weighted by molar-refractivity contribution is 0.580. The van der Waals surface area contributed by atoms with Gasteiger partial charge in [-0.2, -0.15) is 0 Å². The summed E-state index contributed by atoms with van der Waals surface area (Å²) in [4.78, 5) is 25.7. The van der Waals surface area contributed by atoms with Crippen LogP contribution in [0.2, 0.25) is 0 Å². The van der Waals surface area contributed by atoms with Gasteiger partial charge in [0.2, 0.25) is 0 Å². The van der Waals surface area contributed by atoms with Gasteiger partial charge in [-0.25, -0.2) is 4.79 Å². The third kappa shape index (κ3) is 1.82. The van der Waals surface area contributed by atoms with Crippen LogP contribution in [0, 0.1) is 0 Å². The van der Waals surface area contributed by atoms with E-state index in [1.807, 2.05) is 4.90 Å². The third-order valence-corrected chi connectivity index (χ3v) is 3.12. The number of piperazine rings is 1. The largest absolute Gasteiger partial charge is 0.383 e. The molecule has 0 atom stereocenters.